The summed E-state index contributed by atoms with van der Waals surface area (Å²) in [5.41, 5.74) is 0.799. The number of nitrogens with one attached hydrogen (secondary N) is 2. The zero-order valence-corrected chi connectivity index (χ0v) is 14.6. The predicted octanol–water partition coefficient (Wildman–Crippen LogP) is 2.62. The summed E-state index contributed by atoms with van der Waals surface area (Å²) < 4.78 is 10.7. The van der Waals surface area contributed by atoms with Gasteiger partial charge in [-0.05, 0) is 35.9 Å². The zero-order valence-electron chi connectivity index (χ0n) is 13.0. The summed E-state index contributed by atoms with van der Waals surface area (Å²) >= 11 is 3.32. The van der Waals surface area contributed by atoms with E-state index in [1.165, 1.54) is 12.3 Å². The second kappa shape index (κ2) is 9.43. The molecular formula is C17H15BrN2O5. The number of halogens is 1. The number of ether oxygens (including phenoxy) is 1. The molecule has 0 saturated carbocycles. The van der Waals surface area contributed by atoms with Gasteiger partial charge in [-0.1, -0.05) is 28.1 Å². The van der Waals surface area contributed by atoms with Gasteiger partial charge in [-0.15, -0.1) is 0 Å². The van der Waals surface area contributed by atoms with Gasteiger partial charge in [0.05, 0.1) is 12.8 Å². The number of amides is 3. The molecule has 2 rings (SSSR count). The van der Waals surface area contributed by atoms with Gasteiger partial charge in [-0.3, -0.25) is 10.1 Å². The quantitative estimate of drug-likeness (QED) is 0.567. The molecule has 0 bridgehead atoms. The Labute approximate surface area is 152 Å². The summed E-state index contributed by atoms with van der Waals surface area (Å²) in [6, 6.07) is 9.97. The molecule has 0 aliphatic rings. The van der Waals surface area contributed by atoms with Gasteiger partial charge in [0.15, 0.2) is 6.61 Å². The topological polar surface area (TPSA) is 97.6 Å². The lowest BCUT2D eigenvalue weighted by Gasteiger charge is -2.05. The molecule has 2 N–H and O–H groups in total. The van der Waals surface area contributed by atoms with E-state index in [9.17, 15) is 14.4 Å². The van der Waals surface area contributed by atoms with E-state index in [4.69, 9.17) is 9.15 Å². The van der Waals surface area contributed by atoms with Crippen molar-refractivity contribution in [3.05, 3.63) is 64.5 Å². The number of carbonyl (C=O) groups excluding carboxylic acids is 3. The molecule has 1 aromatic carbocycles. The number of furan rings is 1. The number of urea groups is 1. The largest absolute Gasteiger partial charge is 0.467 e. The maximum atomic E-state index is 11.6. The molecule has 0 radical (unpaired) electrons. The third-order valence-corrected chi connectivity index (χ3v) is 3.36. The van der Waals surface area contributed by atoms with E-state index in [2.05, 4.69) is 21.2 Å². The van der Waals surface area contributed by atoms with Crippen molar-refractivity contribution in [3.8, 4) is 0 Å². The molecule has 0 spiro atoms. The fraction of sp³-hybridized carbons (Fsp3) is 0.118. The van der Waals surface area contributed by atoms with Gasteiger partial charge in [-0.25, -0.2) is 9.59 Å². The van der Waals surface area contributed by atoms with Crippen molar-refractivity contribution in [3.63, 3.8) is 0 Å². The van der Waals surface area contributed by atoms with Gasteiger partial charge < -0.3 is 14.5 Å². The first-order valence-corrected chi connectivity index (χ1v) is 8.03. The summed E-state index contributed by atoms with van der Waals surface area (Å²) in [4.78, 5) is 34.6. The second-order valence-electron chi connectivity index (χ2n) is 4.81. The van der Waals surface area contributed by atoms with Crippen molar-refractivity contribution in [2.75, 3.05) is 6.61 Å². The fourth-order valence-electron chi connectivity index (χ4n) is 1.75. The van der Waals surface area contributed by atoms with E-state index in [1.807, 2.05) is 29.6 Å². The van der Waals surface area contributed by atoms with Crippen molar-refractivity contribution in [2.45, 2.75) is 6.54 Å². The highest BCUT2D eigenvalue weighted by Gasteiger charge is 2.09. The van der Waals surface area contributed by atoms with Crippen molar-refractivity contribution in [1.82, 2.24) is 10.6 Å². The maximum absolute atomic E-state index is 11.6. The van der Waals surface area contributed by atoms with Crippen LogP contribution >= 0.6 is 15.9 Å². The number of imide groups is 1. The summed E-state index contributed by atoms with van der Waals surface area (Å²) in [6.07, 6.45) is 4.23. The lowest BCUT2D eigenvalue weighted by molar-refractivity contribution is -0.143. The molecule has 1 heterocycles. The molecule has 7 nitrogen and oxygen atoms in total. The fourth-order valence-corrected chi connectivity index (χ4v) is 2.16. The Balaban J connectivity index is 1.68. The van der Waals surface area contributed by atoms with Crippen LogP contribution in [0.2, 0.25) is 0 Å². The van der Waals surface area contributed by atoms with Crippen LogP contribution in [0.15, 0.2) is 57.6 Å². The smallest absolute Gasteiger partial charge is 0.331 e. The Bertz CT molecular complexity index is 771. The highest BCUT2D eigenvalue weighted by atomic mass is 79.9. The molecule has 3 amide bonds. The molecule has 1 aromatic heterocycles. The molecule has 0 aliphatic heterocycles. The number of benzene rings is 1. The molecule has 130 valence electrons. The van der Waals surface area contributed by atoms with E-state index >= 15 is 0 Å². The molecule has 0 atom stereocenters. The SMILES string of the molecule is O=C(COC(=O)/C=C/c1cccc(Br)c1)NC(=O)NCc1ccco1. The standard InChI is InChI=1S/C17H15BrN2O5/c18-13-4-1-3-12(9-13)6-7-16(22)25-11-15(21)20-17(23)19-10-14-5-2-8-24-14/h1-9H,10-11H2,(H2,19,20,21,23)/b7-6+. The van der Waals surface area contributed by atoms with Gasteiger partial charge in [0, 0.05) is 10.5 Å². The summed E-state index contributed by atoms with van der Waals surface area (Å²) in [7, 11) is 0. The monoisotopic (exact) mass is 406 g/mol. The van der Waals surface area contributed by atoms with E-state index in [1.54, 1.807) is 18.2 Å². The van der Waals surface area contributed by atoms with E-state index < -0.39 is 24.5 Å². The number of hydrogen-bond donors (Lipinski definition) is 2. The Morgan fingerprint density at radius 3 is 2.76 bits per heavy atom. The van der Waals surface area contributed by atoms with Gasteiger partial charge >= 0.3 is 12.0 Å². The van der Waals surface area contributed by atoms with Gasteiger partial charge in [0.1, 0.15) is 5.76 Å². The maximum Gasteiger partial charge on any atom is 0.331 e. The molecule has 0 aliphatic carbocycles. The highest BCUT2D eigenvalue weighted by Crippen LogP contribution is 2.12. The molecule has 0 unspecified atom stereocenters. The van der Waals surface area contributed by atoms with Crippen molar-refractivity contribution in [1.29, 1.82) is 0 Å². The number of esters is 1. The summed E-state index contributed by atoms with van der Waals surface area (Å²) in [5, 5.41) is 4.47. The normalized spacial score (nSPS) is 10.4. The average molecular weight is 407 g/mol. The Morgan fingerprint density at radius 1 is 1.20 bits per heavy atom. The lowest BCUT2D eigenvalue weighted by Crippen LogP contribution is -2.41. The number of rotatable bonds is 6. The van der Waals surface area contributed by atoms with Crippen LogP contribution < -0.4 is 10.6 Å². The molecule has 0 fully saturated rings. The van der Waals surface area contributed by atoms with Crippen LogP contribution in [0.4, 0.5) is 4.79 Å². The molecule has 8 heteroatoms. The van der Waals surface area contributed by atoms with Crippen LogP contribution in [0.25, 0.3) is 6.08 Å². The highest BCUT2D eigenvalue weighted by molar-refractivity contribution is 9.10. The van der Waals surface area contributed by atoms with Crippen molar-refractivity contribution in [2.24, 2.45) is 0 Å². The van der Waals surface area contributed by atoms with E-state index in [0.29, 0.717) is 5.76 Å². The van der Waals surface area contributed by atoms with E-state index in [-0.39, 0.29) is 6.54 Å². The van der Waals surface area contributed by atoms with Gasteiger partial charge in [0.2, 0.25) is 0 Å². The Hall–Kier alpha value is -2.87. The minimum atomic E-state index is -0.735. The first-order valence-electron chi connectivity index (χ1n) is 7.23. The summed E-state index contributed by atoms with van der Waals surface area (Å²) in [6.45, 7) is -0.420. The third kappa shape index (κ3) is 7.05. The van der Waals surface area contributed by atoms with Crippen LogP contribution in [-0.4, -0.2) is 24.5 Å². The van der Waals surface area contributed by atoms with Gasteiger partial charge in [0.25, 0.3) is 5.91 Å². The molecule has 0 saturated heterocycles. The third-order valence-electron chi connectivity index (χ3n) is 2.86. The zero-order chi connectivity index (χ0) is 18.1. The van der Waals surface area contributed by atoms with Crippen LogP contribution in [-0.2, 0) is 20.9 Å². The Morgan fingerprint density at radius 2 is 2.04 bits per heavy atom. The first-order chi connectivity index (χ1) is 12.0. The summed E-state index contributed by atoms with van der Waals surface area (Å²) in [5.74, 6) is -0.876. The number of carbonyl (C=O) groups is 3. The first kappa shape index (κ1) is 18.5. The minimum Gasteiger partial charge on any atom is -0.467 e. The molecular weight excluding hydrogens is 392 g/mol. The van der Waals surface area contributed by atoms with Crippen molar-refractivity contribution >= 4 is 39.9 Å². The minimum absolute atomic E-state index is 0.140. The van der Waals surface area contributed by atoms with Crippen LogP contribution in [0.1, 0.15) is 11.3 Å². The predicted molar refractivity (Wildman–Crippen MR) is 93.2 cm³/mol. The second-order valence-corrected chi connectivity index (χ2v) is 5.72. The van der Waals surface area contributed by atoms with Crippen LogP contribution in [0, 0.1) is 0 Å². The van der Waals surface area contributed by atoms with Crippen LogP contribution in [0.3, 0.4) is 0 Å². The molecule has 25 heavy (non-hydrogen) atoms. The average Bonchev–Trinajstić information content (AvgIpc) is 3.10. The number of hydrogen-bond acceptors (Lipinski definition) is 5. The lowest BCUT2D eigenvalue weighted by atomic mass is 10.2. The van der Waals surface area contributed by atoms with E-state index in [0.717, 1.165) is 10.0 Å². The van der Waals surface area contributed by atoms with Crippen molar-refractivity contribution < 1.29 is 23.5 Å². The Kier molecular flexibility index (Phi) is 6.97. The van der Waals surface area contributed by atoms with Gasteiger partial charge in [-0.2, -0.15) is 0 Å². The molecule has 2 aromatic rings. The van der Waals surface area contributed by atoms with Crippen LogP contribution in [0.5, 0.6) is 0 Å².